The van der Waals surface area contributed by atoms with Gasteiger partial charge < -0.3 is 19.2 Å². The number of benzene rings is 1. The number of aromatic amines is 1. The summed E-state index contributed by atoms with van der Waals surface area (Å²) >= 11 is 0. The van der Waals surface area contributed by atoms with Crippen molar-refractivity contribution in [1.29, 1.82) is 0 Å². The lowest BCUT2D eigenvalue weighted by Gasteiger charge is -2.36. The Morgan fingerprint density at radius 1 is 1.25 bits per heavy atom. The highest BCUT2D eigenvalue weighted by atomic mass is 19.1. The van der Waals surface area contributed by atoms with E-state index in [1.807, 2.05) is 0 Å². The first-order valence-corrected chi connectivity index (χ1v) is 9.81. The first-order valence-electron chi connectivity index (χ1n) is 9.81. The van der Waals surface area contributed by atoms with Crippen LogP contribution in [0.1, 0.15) is 37.4 Å². The lowest BCUT2D eigenvalue weighted by Crippen LogP contribution is -2.55. The maximum Gasteiger partial charge on any atom is 0.338 e. The molecule has 32 heavy (non-hydrogen) atoms. The molecular weight excluding hydrogens is 423 g/mol. The van der Waals surface area contributed by atoms with Gasteiger partial charge in [0.15, 0.2) is 28.7 Å². The van der Waals surface area contributed by atoms with Crippen molar-refractivity contribution in [3.63, 3.8) is 0 Å². The smallest absolute Gasteiger partial charge is 0.338 e. The van der Waals surface area contributed by atoms with E-state index in [9.17, 15) is 14.4 Å². The summed E-state index contributed by atoms with van der Waals surface area (Å²) < 4.78 is 34.2. The standard InChI is InChI=1S/C21H21FN4O6/c1-12(27)32-21(3)14(9-30-18(29)13-7-5-4-6-8-13)31-19(20(21,2)22)26-11-25-15-16(26)23-10-24-17(15)28/h4-8,10-11,14,19H,9H2,1-3H3,(H,23,24,28)/t14-,19+,20+,21-/m1/s1. The van der Waals surface area contributed by atoms with Crippen LogP contribution in [0.25, 0.3) is 11.2 Å². The monoisotopic (exact) mass is 444 g/mol. The van der Waals surface area contributed by atoms with Crippen LogP contribution in [0.2, 0.25) is 0 Å². The molecule has 11 heteroatoms. The fraction of sp³-hybridized carbons (Fsp3) is 0.381. The third kappa shape index (κ3) is 3.44. The van der Waals surface area contributed by atoms with Gasteiger partial charge in [0, 0.05) is 6.92 Å². The van der Waals surface area contributed by atoms with E-state index in [1.165, 1.54) is 24.7 Å². The Kier molecular flexibility index (Phi) is 5.29. The Balaban J connectivity index is 1.68. The zero-order valence-electron chi connectivity index (χ0n) is 17.6. The summed E-state index contributed by atoms with van der Waals surface area (Å²) in [6.07, 6.45) is -0.134. The van der Waals surface area contributed by atoms with E-state index in [2.05, 4.69) is 15.0 Å². The van der Waals surface area contributed by atoms with Gasteiger partial charge in [0.05, 0.1) is 18.2 Å². The van der Waals surface area contributed by atoms with Crippen molar-refractivity contribution in [3.8, 4) is 0 Å². The second-order valence-electron chi connectivity index (χ2n) is 7.77. The molecule has 0 aliphatic carbocycles. The summed E-state index contributed by atoms with van der Waals surface area (Å²) in [6.45, 7) is 3.34. The van der Waals surface area contributed by atoms with E-state index in [0.717, 1.165) is 13.3 Å². The minimum atomic E-state index is -2.31. The van der Waals surface area contributed by atoms with Gasteiger partial charge >= 0.3 is 11.9 Å². The summed E-state index contributed by atoms with van der Waals surface area (Å²) in [7, 11) is 0. The van der Waals surface area contributed by atoms with E-state index in [4.69, 9.17) is 14.2 Å². The van der Waals surface area contributed by atoms with Gasteiger partial charge in [0.2, 0.25) is 0 Å². The Morgan fingerprint density at radius 2 is 1.97 bits per heavy atom. The maximum absolute atomic E-state index is 16.3. The SMILES string of the molecule is CC(=O)O[C@]1(C)[C@@H](COC(=O)c2ccccc2)O[C@H](n2cnc3c(=O)[nH]cnc32)[C@]1(C)F. The van der Waals surface area contributed by atoms with Crippen LogP contribution in [-0.4, -0.2) is 55.4 Å². The van der Waals surface area contributed by atoms with Gasteiger partial charge in [-0.15, -0.1) is 0 Å². The van der Waals surface area contributed by atoms with E-state index >= 15 is 4.39 Å². The van der Waals surface area contributed by atoms with Crippen molar-refractivity contribution in [2.75, 3.05) is 6.61 Å². The van der Waals surface area contributed by atoms with Crippen LogP contribution in [0.15, 0.2) is 47.8 Å². The number of H-pyrrole nitrogens is 1. The predicted molar refractivity (Wildman–Crippen MR) is 108 cm³/mol. The number of nitrogens with zero attached hydrogens (tertiary/aromatic N) is 3. The number of ether oxygens (including phenoxy) is 3. The largest absolute Gasteiger partial charge is 0.459 e. The fourth-order valence-corrected chi connectivity index (χ4v) is 3.81. The van der Waals surface area contributed by atoms with Crippen molar-refractivity contribution >= 4 is 23.1 Å². The number of imidazole rings is 1. The number of esters is 2. The number of carbonyl (C=O) groups is 2. The Hall–Kier alpha value is -3.60. The highest BCUT2D eigenvalue weighted by Crippen LogP contribution is 2.50. The Labute approximate surface area is 181 Å². The van der Waals surface area contributed by atoms with E-state index in [-0.39, 0.29) is 17.8 Å². The van der Waals surface area contributed by atoms with Crippen molar-refractivity contribution in [3.05, 3.63) is 58.9 Å². The number of hydrogen-bond acceptors (Lipinski definition) is 8. The van der Waals surface area contributed by atoms with Crippen LogP contribution in [0, 0.1) is 0 Å². The lowest BCUT2D eigenvalue weighted by atomic mass is 9.84. The minimum Gasteiger partial charge on any atom is -0.459 e. The zero-order chi connectivity index (χ0) is 23.1. The van der Waals surface area contributed by atoms with Crippen LogP contribution >= 0.6 is 0 Å². The lowest BCUT2D eigenvalue weighted by molar-refractivity contribution is -0.175. The van der Waals surface area contributed by atoms with Crippen LogP contribution in [0.3, 0.4) is 0 Å². The van der Waals surface area contributed by atoms with Gasteiger partial charge in [-0.05, 0) is 26.0 Å². The topological polar surface area (TPSA) is 125 Å². The normalized spacial score (nSPS) is 27.4. The summed E-state index contributed by atoms with van der Waals surface area (Å²) in [5.41, 5.74) is -4.22. The molecule has 3 heterocycles. The molecule has 0 amide bonds. The van der Waals surface area contributed by atoms with Gasteiger partial charge in [-0.2, -0.15) is 0 Å². The van der Waals surface area contributed by atoms with E-state index in [1.54, 1.807) is 30.3 Å². The fourth-order valence-electron chi connectivity index (χ4n) is 3.81. The van der Waals surface area contributed by atoms with Gasteiger partial charge in [0.1, 0.15) is 12.7 Å². The molecule has 10 nitrogen and oxygen atoms in total. The van der Waals surface area contributed by atoms with Crippen molar-refractivity contribution in [2.24, 2.45) is 0 Å². The van der Waals surface area contributed by atoms with Gasteiger partial charge in [-0.3, -0.25) is 14.2 Å². The first-order chi connectivity index (χ1) is 15.1. The van der Waals surface area contributed by atoms with Crippen molar-refractivity contribution in [2.45, 2.75) is 44.4 Å². The molecule has 0 spiro atoms. The van der Waals surface area contributed by atoms with Crippen LogP contribution < -0.4 is 5.56 Å². The van der Waals surface area contributed by atoms with Crippen molar-refractivity contribution < 1.29 is 28.2 Å². The number of nitrogens with one attached hydrogen (secondary N) is 1. The molecule has 4 rings (SSSR count). The minimum absolute atomic E-state index is 0.0000414. The maximum atomic E-state index is 16.3. The van der Waals surface area contributed by atoms with Crippen LogP contribution in [0.4, 0.5) is 4.39 Å². The number of aromatic nitrogens is 4. The molecule has 0 bridgehead atoms. The molecule has 1 aliphatic heterocycles. The molecule has 1 aromatic carbocycles. The molecule has 0 radical (unpaired) electrons. The van der Waals surface area contributed by atoms with Gasteiger partial charge in [-0.25, -0.2) is 19.2 Å². The molecule has 4 atom stereocenters. The summed E-state index contributed by atoms with van der Waals surface area (Å²) in [4.78, 5) is 46.6. The number of hydrogen-bond donors (Lipinski definition) is 1. The number of fused-ring (bicyclic) bond motifs is 1. The zero-order valence-corrected chi connectivity index (χ0v) is 17.6. The third-order valence-corrected chi connectivity index (χ3v) is 5.69. The average molecular weight is 444 g/mol. The van der Waals surface area contributed by atoms with Gasteiger partial charge in [-0.1, -0.05) is 18.2 Å². The van der Waals surface area contributed by atoms with Gasteiger partial charge in [0.25, 0.3) is 5.56 Å². The molecule has 1 saturated heterocycles. The average Bonchev–Trinajstić information content (AvgIpc) is 3.25. The molecule has 3 aromatic rings. The Morgan fingerprint density at radius 3 is 2.66 bits per heavy atom. The molecule has 2 aromatic heterocycles. The molecular formula is C21H21FN4O6. The number of rotatable bonds is 5. The molecule has 1 fully saturated rings. The highest BCUT2D eigenvalue weighted by molar-refractivity contribution is 5.89. The van der Waals surface area contributed by atoms with E-state index < -0.39 is 41.1 Å². The van der Waals surface area contributed by atoms with Crippen LogP contribution in [0.5, 0.6) is 0 Å². The molecule has 1 N–H and O–H groups in total. The summed E-state index contributed by atoms with van der Waals surface area (Å²) in [5, 5.41) is 0. The number of carbonyl (C=O) groups excluding carboxylic acids is 2. The molecule has 0 unspecified atom stereocenters. The van der Waals surface area contributed by atoms with Crippen LogP contribution in [-0.2, 0) is 19.0 Å². The first kappa shape index (κ1) is 21.6. The van der Waals surface area contributed by atoms with Crippen molar-refractivity contribution in [1.82, 2.24) is 19.5 Å². The predicted octanol–water partition coefficient (Wildman–Crippen LogP) is 1.92. The third-order valence-electron chi connectivity index (χ3n) is 5.69. The number of alkyl halides is 1. The second kappa shape index (κ2) is 7.83. The second-order valence-corrected chi connectivity index (χ2v) is 7.77. The summed E-state index contributed by atoms with van der Waals surface area (Å²) in [5.74, 6) is -1.37. The Bertz CT molecular complexity index is 1220. The molecule has 168 valence electrons. The highest BCUT2D eigenvalue weighted by Gasteiger charge is 2.66. The molecule has 1 aliphatic rings. The quantitative estimate of drug-likeness (QED) is 0.592. The van der Waals surface area contributed by atoms with E-state index in [0.29, 0.717) is 5.56 Å². The molecule has 0 saturated carbocycles. The summed E-state index contributed by atoms with van der Waals surface area (Å²) in [6, 6.07) is 8.26. The number of halogens is 1.